The third-order valence-corrected chi connectivity index (χ3v) is 19.3. The average molecular weight is 1970 g/mol. The zero-order valence-corrected chi connectivity index (χ0v) is 92.3. The van der Waals surface area contributed by atoms with Crippen LogP contribution in [0, 0.1) is 13.0 Å². The molecule has 15 nitrogen and oxygen atoms in total. The number of hydrogen-bond donors (Lipinski definition) is 0. The van der Waals surface area contributed by atoms with Crippen molar-refractivity contribution < 1.29 is 32.7 Å². The van der Waals surface area contributed by atoms with Crippen LogP contribution in [0.5, 0.6) is 0 Å². The van der Waals surface area contributed by atoms with E-state index in [0.717, 1.165) is 121 Å². The molecule has 0 fully saturated rings. The predicted octanol–water partition coefficient (Wildman–Crippen LogP) is 33.9. The van der Waals surface area contributed by atoms with Gasteiger partial charge in [-0.3, -0.25) is 54.9 Å². The summed E-state index contributed by atoms with van der Waals surface area (Å²) in [6.45, 7) is 53.5. The third kappa shape index (κ3) is 44.8. The number of rotatable bonds is 1. The van der Waals surface area contributed by atoms with Gasteiger partial charge in [-0.25, -0.2) is 20.0 Å². The van der Waals surface area contributed by atoms with Crippen molar-refractivity contribution in [2.75, 3.05) is 6.54 Å². The summed E-state index contributed by atoms with van der Waals surface area (Å²) < 4.78 is 0. The van der Waals surface area contributed by atoms with Gasteiger partial charge < -0.3 is 6.92 Å². The van der Waals surface area contributed by atoms with Gasteiger partial charge in [-0.2, -0.15) is 42.3 Å². The summed E-state index contributed by atoms with van der Waals surface area (Å²) in [5.74, 6) is 1.66. The minimum atomic E-state index is 0. The van der Waals surface area contributed by atoms with Crippen LogP contribution in [0.15, 0.2) is 374 Å². The first-order valence-electron chi connectivity index (χ1n) is 51.0. The van der Waals surface area contributed by atoms with E-state index in [1.165, 1.54) is 92.8 Å². The maximum atomic E-state index is 4.40. The molecule has 741 valence electrons. The molecule has 11 aromatic carbocycles. The molecule has 0 unspecified atom stereocenters. The van der Waals surface area contributed by atoms with Crippen LogP contribution in [0.3, 0.4) is 0 Å². The van der Waals surface area contributed by atoms with E-state index in [-0.39, 0.29) is 32.7 Å². The third-order valence-electron chi connectivity index (χ3n) is 19.3. The second-order valence-electron chi connectivity index (χ2n) is 27.1. The van der Waals surface area contributed by atoms with Crippen molar-refractivity contribution in [1.29, 1.82) is 0 Å². The summed E-state index contributed by atoms with van der Waals surface area (Å²) >= 11 is 0. The van der Waals surface area contributed by atoms with Gasteiger partial charge in [-0.05, 0) is 125 Å². The number of benzene rings is 11. The summed E-state index contributed by atoms with van der Waals surface area (Å²) in [6, 6.07) is 98.3. The van der Waals surface area contributed by atoms with Crippen LogP contribution in [0.4, 0.5) is 40.1 Å². The van der Waals surface area contributed by atoms with Gasteiger partial charge in [0.05, 0.1) is 64.5 Å². The first kappa shape index (κ1) is 126. The van der Waals surface area contributed by atoms with Crippen molar-refractivity contribution in [1.82, 2.24) is 29.9 Å². The van der Waals surface area contributed by atoms with Gasteiger partial charge in [0.25, 0.3) is 0 Å². The molecule has 25 rings (SSSR count). The van der Waals surface area contributed by atoms with Crippen LogP contribution >= 0.6 is 0 Å². The van der Waals surface area contributed by atoms with E-state index < -0.39 is 0 Å². The van der Waals surface area contributed by atoms with Crippen molar-refractivity contribution in [2.45, 2.75) is 224 Å². The average Bonchev–Trinajstić information content (AvgIpc) is 1.46. The largest absolute Gasteiger partial charge is 0.341 e. The molecular formula is C126H157N15Y-2. The van der Waals surface area contributed by atoms with Gasteiger partial charge in [0.2, 0.25) is 0 Å². The molecule has 142 heavy (non-hydrogen) atoms. The Morgan fingerprint density at radius 1 is 0.289 bits per heavy atom. The Hall–Kier alpha value is -13.7. The molecule has 9 aliphatic rings. The monoisotopic (exact) mass is 1970 g/mol. The van der Waals surface area contributed by atoms with Gasteiger partial charge in [-0.15, -0.1) is 0 Å². The summed E-state index contributed by atoms with van der Waals surface area (Å²) in [5.41, 5.74) is 17.7. The SMILES string of the molecule is C1=NCc2ccccc21.C1=Nc2c(ccc3ccccc23)C1.C1=Nc2ccccc2C1.C1=Nc2cccnc2C1.C1=Nc2ccncc2C1.C1=Nc2cnccc2C1.C1=Nc2ncccc2C1.C1=Nc2nccnc2C1.C1=c2ccccc2=NC1.CC.CC.CC.CC.CC.CC.CC.CC.CC.CC.CC.CC.[CH2-]Cc1[c-]cccc1.[Y].c1ccc2cc3ccccc3cc2c1.c1ccc2ccccc2c1. The number of pyridine rings is 4. The number of aromatic nitrogens is 6. The Kier molecular flexibility index (Phi) is 73.9. The molecule has 0 saturated heterocycles. The molecule has 5 aromatic heterocycles. The van der Waals surface area contributed by atoms with E-state index in [2.05, 4.69) is 270 Å². The van der Waals surface area contributed by atoms with Crippen molar-refractivity contribution >= 4 is 139 Å². The fraction of sp³-hybridized carbons (Fsp3) is 0.270. The smallest absolute Gasteiger partial charge is 0.173 e. The second-order valence-corrected chi connectivity index (χ2v) is 27.1. The van der Waals surface area contributed by atoms with Crippen molar-refractivity contribution in [3.8, 4) is 0 Å². The molecule has 0 spiro atoms. The van der Waals surface area contributed by atoms with E-state index in [4.69, 9.17) is 0 Å². The van der Waals surface area contributed by atoms with E-state index in [0.29, 0.717) is 0 Å². The molecule has 0 saturated carbocycles. The first-order valence-corrected chi connectivity index (χ1v) is 51.0. The summed E-state index contributed by atoms with van der Waals surface area (Å²) in [6.07, 6.45) is 39.0. The zero-order valence-electron chi connectivity index (χ0n) is 89.4. The van der Waals surface area contributed by atoms with E-state index in [1.807, 2.05) is 325 Å². The maximum absolute atomic E-state index is 4.40. The molecule has 14 heterocycles. The summed E-state index contributed by atoms with van der Waals surface area (Å²) in [4.78, 5) is 61.6. The molecule has 1 radical (unpaired) electrons. The molecule has 16 aromatic rings. The zero-order chi connectivity index (χ0) is 104. The van der Waals surface area contributed by atoms with Crippen molar-refractivity contribution in [2.24, 2.45) is 44.9 Å². The number of para-hydroxylation sites is 2. The predicted molar refractivity (Wildman–Crippen MR) is 623 cm³/mol. The van der Waals surface area contributed by atoms with Crippen LogP contribution in [-0.2, 0) is 90.6 Å². The van der Waals surface area contributed by atoms with Crippen LogP contribution in [-0.4, -0.2) is 86.2 Å². The number of nitrogens with zero attached hydrogens (tertiary/aromatic N) is 15. The van der Waals surface area contributed by atoms with Gasteiger partial charge in [0.1, 0.15) is 0 Å². The topological polar surface area (TPSA) is 189 Å². The van der Waals surface area contributed by atoms with Crippen LogP contribution in [0.2, 0.25) is 0 Å². The number of aliphatic imine (C=N–C) groups is 8. The number of fused-ring (bicyclic) bond motifs is 14. The standard InChI is InChI=1S/C14H10.C12H9N.C10H8.3C8H7N.C8H8.4C7H6N2.C6H5N3.12C2H6.Y/c1-2-6-12-10-14-8-4-3-7-13(14)9-11(12)5-1;1-2-4-11-9(3-1)5-6-10-7-8-13-12(10)11;1-2-6-10-8-4-3-7-9(10)5-1;1-2-4-8-6-9-5-7(8)3-1;2*1-2-4-8-7(3-1)5-6-9-8;1-2-8-6-4-3-5-7-8;1-4-9-7-2-3-8-5-6(1)7;1-3-8-5-7-6(1)2-4-9-7;1-2-6-7(8-4-1)3-5-9-6;1-2-6-3-5-9-7(6)8-4-1;1-2-8-6-5(1)7-3-4-9-6;12*1-2;/h1-10H;1-6,8H,7H2;1-8H;1-5H,6H2;1-4,6H,5H2;1-5H,6H2;3-6H,1-2H2;2-5H,1H2;1,3-5H,2H2;2*1-2,4-5H,3H2;2-4H,1H2;12*1-2H3;/q;;;;;;-2;;;;;;;;;;;;;;;;;;. The molecular weight excluding hydrogens is 1810 g/mol. The maximum Gasteiger partial charge on any atom is 0.173 e. The normalized spacial score (nSPS) is 11.0. The van der Waals surface area contributed by atoms with Gasteiger partial charge in [-0.1, -0.05) is 372 Å². The summed E-state index contributed by atoms with van der Waals surface area (Å²) in [7, 11) is 0. The van der Waals surface area contributed by atoms with E-state index in [1.54, 1.807) is 43.4 Å². The second kappa shape index (κ2) is 83.1. The molecule has 0 atom stereocenters. The van der Waals surface area contributed by atoms with Gasteiger partial charge in [0.15, 0.2) is 11.6 Å². The molecule has 0 N–H and O–H groups in total. The molecule has 0 aliphatic carbocycles. The first-order chi connectivity index (χ1) is 70.0. The minimum Gasteiger partial charge on any atom is -0.341 e. The molecule has 0 amide bonds. The Labute approximate surface area is 878 Å². The van der Waals surface area contributed by atoms with Crippen molar-refractivity contribution in [3.05, 3.63) is 408 Å². The fourth-order valence-electron chi connectivity index (χ4n) is 13.2. The van der Waals surface area contributed by atoms with Gasteiger partial charge in [0, 0.05) is 187 Å². The van der Waals surface area contributed by atoms with E-state index >= 15 is 0 Å². The Morgan fingerprint density at radius 3 is 1.27 bits per heavy atom. The number of hydrogen-bond acceptors (Lipinski definition) is 15. The Balaban J connectivity index is 0.000000761. The van der Waals surface area contributed by atoms with Crippen LogP contribution in [0.25, 0.3) is 49.2 Å². The van der Waals surface area contributed by atoms with Crippen molar-refractivity contribution in [3.63, 3.8) is 0 Å². The van der Waals surface area contributed by atoms with E-state index in [9.17, 15) is 0 Å². The summed E-state index contributed by atoms with van der Waals surface area (Å²) in [5, 5.41) is 12.8. The molecule has 0 bridgehead atoms. The molecule has 9 aliphatic heterocycles. The minimum absolute atomic E-state index is 0. The van der Waals surface area contributed by atoms with Crippen LogP contribution in [0.1, 0.15) is 222 Å². The Bertz CT molecular complexity index is 5670. The van der Waals surface area contributed by atoms with Crippen LogP contribution < -0.4 is 10.6 Å². The molecule has 16 heteroatoms. The fourth-order valence-corrected chi connectivity index (χ4v) is 13.2. The quantitative estimate of drug-likeness (QED) is 0.116. The van der Waals surface area contributed by atoms with Gasteiger partial charge >= 0.3 is 0 Å². The Morgan fingerprint density at radius 2 is 0.711 bits per heavy atom.